The zero-order valence-corrected chi connectivity index (χ0v) is 13.7. The van der Waals surface area contributed by atoms with Crippen molar-refractivity contribution in [1.29, 1.82) is 0 Å². The van der Waals surface area contributed by atoms with Crippen LogP contribution in [0.2, 0.25) is 0 Å². The molecule has 1 heterocycles. The minimum absolute atomic E-state index is 0.402. The van der Waals surface area contributed by atoms with E-state index in [4.69, 9.17) is 0 Å². The lowest BCUT2D eigenvalue weighted by Crippen LogP contribution is -2.32. The molecule has 0 N–H and O–H groups in total. The van der Waals surface area contributed by atoms with Gasteiger partial charge in [-0.15, -0.1) is 0 Å². The van der Waals surface area contributed by atoms with Crippen molar-refractivity contribution in [2.75, 3.05) is 13.1 Å². The fourth-order valence-electron chi connectivity index (χ4n) is 2.99. The van der Waals surface area contributed by atoms with E-state index in [-0.39, 0.29) is 0 Å². The van der Waals surface area contributed by atoms with Crippen molar-refractivity contribution in [1.82, 2.24) is 9.80 Å². The van der Waals surface area contributed by atoms with Gasteiger partial charge < -0.3 is 9.80 Å². The molecule has 0 saturated carbocycles. The van der Waals surface area contributed by atoms with Crippen molar-refractivity contribution in [3.63, 3.8) is 0 Å². The molecule has 0 amide bonds. The van der Waals surface area contributed by atoms with Gasteiger partial charge in [0, 0.05) is 25.5 Å². The van der Waals surface area contributed by atoms with E-state index in [0.29, 0.717) is 6.17 Å². The molecule has 1 aliphatic rings. The van der Waals surface area contributed by atoms with Gasteiger partial charge in [-0.2, -0.15) is 0 Å². The number of nitrogens with zero attached hydrogens (tertiary/aromatic N) is 2. The Kier molecular flexibility index (Phi) is 6.65. The van der Waals surface area contributed by atoms with E-state index in [1.807, 2.05) is 0 Å². The van der Waals surface area contributed by atoms with E-state index in [1.165, 1.54) is 50.6 Å². The molecule has 1 aromatic rings. The molecule has 0 aliphatic carbocycles. The lowest BCUT2D eigenvalue weighted by molar-refractivity contribution is 0.150. The molecule has 2 rings (SSSR count). The zero-order chi connectivity index (χ0) is 14.9. The first-order valence-electron chi connectivity index (χ1n) is 8.61. The van der Waals surface area contributed by atoms with E-state index < -0.39 is 0 Å². The molecule has 0 saturated heterocycles. The van der Waals surface area contributed by atoms with Gasteiger partial charge in [0.1, 0.15) is 6.17 Å². The van der Waals surface area contributed by atoms with Crippen LogP contribution in [0.5, 0.6) is 0 Å². The molecule has 1 atom stereocenters. The lowest BCUT2D eigenvalue weighted by Gasteiger charge is -2.33. The van der Waals surface area contributed by atoms with Crippen LogP contribution < -0.4 is 0 Å². The van der Waals surface area contributed by atoms with Gasteiger partial charge in [-0.1, -0.05) is 69.9 Å². The van der Waals surface area contributed by atoms with E-state index >= 15 is 0 Å². The number of unbranched alkanes of at least 4 members (excludes halogenated alkanes) is 4. The van der Waals surface area contributed by atoms with Gasteiger partial charge in [0.2, 0.25) is 0 Å². The summed E-state index contributed by atoms with van der Waals surface area (Å²) < 4.78 is 0. The van der Waals surface area contributed by atoms with Gasteiger partial charge >= 0.3 is 0 Å². The first-order valence-corrected chi connectivity index (χ1v) is 8.61. The molecule has 21 heavy (non-hydrogen) atoms. The highest BCUT2D eigenvalue weighted by Crippen LogP contribution is 2.31. The zero-order valence-electron chi connectivity index (χ0n) is 13.7. The molecule has 1 unspecified atom stereocenters. The SMILES string of the molecule is CCCCCCN1C=CN(CCCC)C1c1ccccc1. The maximum absolute atomic E-state index is 2.51. The lowest BCUT2D eigenvalue weighted by atomic mass is 10.1. The van der Waals surface area contributed by atoms with Crippen LogP contribution in [-0.2, 0) is 0 Å². The summed E-state index contributed by atoms with van der Waals surface area (Å²) in [7, 11) is 0. The van der Waals surface area contributed by atoms with Crippen molar-refractivity contribution >= 4 is 0 Å². The van der Waals surface area contributed by atoms with E-state index in [2.05, 4.69) is 66.4 Å². The molecule has 0 bridgehead atoms. The minimum atomic E-state index is 0.402. The van der Waals surface area contributed by atoms with Crippen molar-refractivity contribution in [3.05, 3.63) is 48.3 Å². The Balaban J connectivity index is 2.00. The van der Waals surface area contributed by atoms with Gasteiger partial charge in [0.25, 0.3) is 0 Å². The Bertz CT molecular complexity index is 413. The fourth-order valence-corrected chi connectivity index (χ4v) is 2.99. The average molecular weight is 286 g/mol. The third-order valence-corrected chi connectivity index (χ3v) is 4.22. The third-order valence-electron chi connectivity index (χ3n) is 4.22. The molecule has 1 aromatic carbocycles. The van der Waals surface area contributed by atoms with Crippen LogP contribution in [-0.4, -0.2) is 22.9 Å². The van der Waals surface area contributed by atoms with Gasteiger partial charge in [0.05, 0.1) is 0 Å². The molecule has 0 radical (unpaired) electrons. The second-order valence-electron chi connectivity index (χ2n) is 5.97. The van der Waals surface area contributed by atoms with Gasteiger partial charge in [-0.05, 0) is 18.4 Å². The number of benzene rings is 1. The maximum atomic E-state index is 2.51. The predicted molar refractivity (Wildman–Crippen MR) is 90.8 cm³/mol. The quantitative estimate of drug-likeness (QED) is 0.579. The minimum Gasteiger partial charge on any atom is -0.352 e. The van der Waals surface area contributed by atoms with E-state index in [9.17, 15) is 0 Å². The number of hydrogen-bond acceptors (Lipinski definition) is 2. The highest BCUT2D eigenvalue weighted by molar-refractivity contribution is 5.21. The summed E-state index contributed by atoms with van der Waals surface area (Å²) in [5.41, 5.74) is 1.41. The molecule has 2 heteroatoms. The van der Waals surface area contributed by atoms with Crippen LogP contribution in [0.15, 0.2) is 42.7 Å². The summed E-state index contributed by atoms with van der Waals surface area (Å²) in [6.45, 7) is 6.85. The third kappa shape index (κ3) is 4.52. The van der Waals surface area contributed by atoms with Crippen molar-refractivity contribution in [3.8, 4) is 0 Å². The second kappa shape index (κ2) is 8.76. The molecule has 0 aromatic heterocycles. The first kappa shape index (κ1) is 15.9. The summed E-state index contributed by atoms with van der Waals surface area (Å²) in [6.07, 6.45) is 12.8. The summed E-state index contributed by atoms with van der Waals surface area (Å²) >= 11 is 0. The number of rotatable bonds is 9. The summed E-state index contributed by atoms with van der Waals surface area (Å²) in [5, 5.41) is 0. The Morgan fingerprint density at radius 3 is 2.00 bits per heavy atom. The molecular weight excluding hydrogens is 256 g/mol. The first-order chi connectivity index (χ1) is 10.4. The van der Waals surface area contributed by atoms with Gasteiger partial charge in [-0.25, -0.2) is 0 Å². The predicted octanol–water partition coefficient (Wildman–Crippen LogP) is 5.15. The molecule has 116 valence electrons. The van der Waals surface area contributed by atoms with Crippen LogP contribution in [0.1, 0.15) is 64.1 Å². The highest BCUT2D eigenvalue weighted by atomic mass is 15.4. The van der Waals surface area contributed by atoms with Crippen LogP contribution in [0.4, 0.5) is 0 Å². The Morgan fingerprint density at radius 1 is 0.762 bits per heavy atom. The smallest absolute Gasteiger partial charge is 0.127 e. The molecule has 2 nitrogen and oxygen atoms in total. The molecule has 1 aliphatic heterocycles. The Labute approximate surface area is 130 Å². The normalized spacial score (nSPS) is 17.7. The highest BCUT2D eigenvalue weighted by Gasteiger charge is 2.26. The molecule has 0 spiro atoms. The van der Waals surface area contributed by atoms with Crippen molar-refractivity contribution in [2.24, 2.45) is 0 Å². The van der Waals surface area contributed by atoms with Gasteiger partial charge in [-0.3, -0.25) is 0 Å². The van der Waals surface area contributed by atoms with Crippen LogP contribution >= 0.6 is 0 Å². The monoisotopic (exact) mass is 286 g/mol. The summed E-state index contributed by atoms with van der Waals surface area (Å²) in [4.78, 5) is 5.01. The van der Waals surface area contributed by atoms with E-state index in [1.54, 1.807) is 0 Å². The van der Waals surface area contributed by atoms with Crippen LogP contribution in [0.3, 0.4) is 0 Å². The fraction of sp³-hybridized carbons (Fsp3) is 0.579. The molecular formula is C19H30N2. The van der Waals surface area contributed by atoms with Crippen LogP contribution in [0, 0.1) is 0 Å². The standard InChI is InChI=1S/C19H30N2/c1-3-5-7-11-15-21-17-16-20(14-6-4-2)19(21)18-12-9-8-10-13-18/h8-10,12-13,16-17,19H,3-7,11,14-15H2,1-2H3. The maximum Gasteiger partial charge on any atom is 0.127 e. The Morgan fingerprint density at radius 2 is 1.38 bits per heavy atom. The average Bonchev–Trinajstić information content (AvgIpc) is 2.93. The van der Waals surface area contributed by atoms with Crippen molar-refractivity contribution < 1.29 is 0 Å². The number of hydrogen-bond donors (Lipinski definition) is 0. The molecule has 0 fully saturated rings. The van der Waals surface area contributed by atoms with Crippen molar-refractivity contribution in [2.45, 2.75) is 58.5 Å². The van der Waals surface area contributed by atoms with Gasteiger partial charge in [0.15, 0.2) is 0 Å². The topological polar surface area (TPSA) is 6.48 Å². The summed E-state index contributed by atoms with van der Waals surface area (Å²) in [5.74, 6) is 0. The Hall–Kier alpha value is -1.44. The second-order valence-corrected chi connectivity index (χ2v) is 5.97. The van der Waals surface area contributed by atoms with E-state index in [0.717, 1.165) is 6.54 Å². The van der Waals surface area contributed by atoms with Crippen LogP contribution in [0.25, 0.3) is 0 Å². The largest absolute Gasteiger partial charge is 0.352 e. The summed E-state index contributed by atoms with van der Waals surface area (Å²) in [6, 6.07) is 10.9.